The van der Waals surface area contributed by atoms with Gasteiger partial charge in [0, 0.05) is 55.7 Å². The molecular weight excluding hydrogens is 300 g/mol. The summed E-state index contributed by atoms with van der Waals surface area (Å²) in [5, 5.41) is 3.30. The van der Waals surface area contributed by atoms with Gasteiger partial charge in [-0.25, -0.2) is 8.42 Å². The molecular formula is C15H20N4O2S. The number of nitrogens with zero attached hydrogens (tertiary/aromatic N) is 2. The van der Waals surface area contributed by atoms with Gasteiger partial charge in [-0.1, -0.05) is 0 Å². The molecule has 0 unspecified atom stereocenters. The monoisotopic (exact) mass is 320 g/mol. The Morgan fingerprint density at radius 1 is 1.09 bits per heavy atom. The molecule has 0 fully saturated rings. The first kappa shape index (κ1) is 16.1. The van der Waals surface area contributed by atoms with Gasteiger partial charge in [0.15, 0.2) is 0 Å². The number of benzene rings is 1. The molecule has 0 radical (unpaired) electrons. The standard InChI is InChI=1S/C15H20N4O2S/c1-19(2)15-8-9-16-10-12(15)11-17-13-4-6-14(7-5-13)18-22(3,20)21/h4-10,17-18H,11H2,1-3H3. The van der Waals surface area contributed by atoms with E-state index in [4.69, 9.17) is 0 Å². The van der Waals surface area contributed by atoms with E-state index in [9.17, 15) is 8.42 Å². The third-order valence-corrected chi connectivity index (χ3v) is 3.64. The predicted molar refractivity (Wildman–Crippen MR) is 90.8 cm³/mol. The van der Waals surface area contributed by atoms with Crippen LogP contribution in [0.3, 0.4) is 0 Å². The summed E-state index contributed by atoms with van der Waals surface area (Å²) in [6.07, 6.45) is 4.73. The van der Waals surface area contributed by atoms with Crippen molar-refractivity contribution in [1.82, 2.24) is 4.98 Å². The largest absolute Gasteiger partial charge is 0.381 e. The molecule has 6 nitrogen and oxygen atoms in total. The van der Waals surface area contributed by atoms with Crippen molar-refractivity contribution in [3.8, 4) is 0 Å². The van der Waals surface area contributed by atoms with Gasteiger partial charge in [0.25, 0.3) is 0 Å². The van der Waals surface area contributed by atoms with Gasteiger partial charge in [0.05, 0.1) is 6.26 Å². The van der Waals surface area contributed by atoms with Gasteiger partial charge in [-0.15, -0.1) is 0 Å². The average Bonchev–Trinajstić information content (AvgIpc) is 2.45. The van der Waals surface area contributed by atoms with Crippen LogP contribution >= 0.6 is 0 Å². The molecule has 0 atom stereocenters. The highest BCUT2D eigenvalue weighted by Crippen LogP contribution is 2.19. The van der Waals surface area contributed by atoms with Crippen LogP contribution in [0.5, 0.6) is 0 Å². The van der Waals surface area contributed by atoms with Crippen molar-refractivity contribution in [1.29, 1.82) is 0 Å². The lowest BCUT2D eigenvalue weighted by Crippen LogP contribution is -2.13. The Labute approximate surface area is 131 Å². The van der Waals surface area contributed by atoms with E-state index in [0.717, 1.165) is 23.2 Å². The van der Waals surface area contributed by atoms with E-state index in [1.165, 1.54) is 0 Å². The molecule has 0 aliphatic heterocycles. The van der Waals surface area contributed by atoms with E-state index in [1.54, 1.807) is 18.3 Å². The molecule has 2 rings (SSSR count). The van der Waals surface area contributed by atoms with Gasteiger partial charge >= 0.3 is 0 Å². The van der Waals surface area contributed by atoms with E-state index >= 15 is 0 Å². The van der Waals surface area contributed by atoms with Crippen LogP contribution in [0, 0.1) is 0 Å². The normalized spacial score (nSPS) is 11.0. The molecule has 1 heterocycles. The number of hydrogen-bond acceptors (Lipinski definition) is 5. The zero-order valence-corrected chi connectivity index (χ0v) is 13.7. The lowest BCUT2D eigenvalue weighted by molar-refractivity contribution is 0.607. The molecule has 0 aliphatic rings. The molecule has 1 aromatic heterocycles. The summed E-state index contributed by atoms with van der Waals surface area (Å²) >= 11 is 0. The minimum Gasteiger partial charge on any atom is -0.381 e. The van der Waals surface area contributed by atoms with Gasteiger partial charge in [0.1, 0.15) is 0 Å². The molecule has 0 saturated carbocycles. The van der Waals surface area contributed by atoms with E-state index in [1.807, 2.05) is 43.4 Å². The van der Waals surface area contributed by atoms with Crippen LogP contribution in [-0.2, 0) is 16.6 Å². The molecule has 0 aliphatic carbocycles. The Bertz CT molecular complexity index is 727. The SMILES string of the molecule is CN(C)c1ccncc1CNc1ccc(NS(C)(=O)=O)cc1. The highest BCUT2D eigenvalue weighted by atomic mass is 32.2. The molecule has 0 bridgehead atoms. The smallest absolute Gasteiger partial charge is 0.229 e. The van der Waals surface area contributed by atoms with Gasteiger partial charge < -0.3 is 10.2 Å². The predicted octanol–water partition coefficient (Wildman–Crippen LogP) is 2.13. The zero-order chi connectivity index (χ0) is 16.2. The molecule has 118 valence electrons. The van der Waals surface area contributed by atoms with Crippen molar-refractivity contribution in [2.24, 2.45) is 0 Å². The molecule has 0 saturated heterocycles. The fourth-order valence-corrected chi connectivity index (χ4v) is 2.62. The Balaban J connectivity index is 2.03. The molecule has 0 amide bonds. The number of anilines is 3. The Kier molecular flexibility index (Phi) is 4.87. The van der Waals surface area contributed by atoms with E-state index < -0.39 is 10.0 Å². The first-order chi connectivity index (χ1) is 10.3. The lowest BCUT2D eigenvalue weighted by Gasteiger charge is -2.17. The van der Waals surface area contributed by atoms with Crippen molar-refractivity contribution in [3.63, 3.8) is 0 Å². The fraction of sp³-hybridized carbons (Fsp3) is 0.267. The second-order valence-electron chi connectivity index (χ2n) is 5.20. The van der Waals surface area contributed by atoms with Gasteiger partial charge in [-0.05, 0) is 30.3 Å². The van der Waals surface area contributed by atoms with Crippen molar-refractivity contribution in [2.45, 2.75) is 6.54 Å². The Hall–Kier alpha value is -2.28. The number of hydrogen-bond donors (Lipinski definition) is 2. The van der Waals surface area contributed by atoms with Crippen LogP contribution in [-0.4, -0.2) is 33.8 Å². The topological polar surface area (TPSA) is 74.3 Å². The molecule has 2 aromatic rings. The van der Waals surface area contributed by atoms with Crippen molar-refractivity contribution < 1.29 is 8.42 Å². The summed E-state index contributed by atoms with van der Waals surface area (Å²) in [4.78, 5) is 6.19. The first-order valence-electron chi connectivity index (χ1n) is 6.77. The average molecular weight is 320 g/mol. The lowest BCUT2D eigenvalue weighted by atomic mass is 10.2. The maximum absolute atomic E-state index is 11.2. The third-order valence-electron chi connectivity index (χ3n) is 3.03. The van der Waals surface area contributed by atoms with Crippen LogP contribution in [0.15, 0.2) is 42.7 Å². The molecule has 7 heteroatoms. The molecule has 0 spiro atoms. The quantitative estimate of drug-likeness (QED) is 0.853. The molecule has 2 N–H and O–H groups in total. The van der Waals surface area contributed by atoms with Crippen molar-refractivity contribution in [3.05, 3.63) is 48.3 Å². The van der Waals surface area contributed by atoms with Crippen LogP contribution < -0.4 is 14.9 Å². The summed E-state index contributed by atoms with van der Waals surface area (Å²) in [5.41, 5.74) is 3.65. The van der Waals surface area contributed by atoms with E-state index in [-0.39, 0.29) is 0 Å². The number of pyridine rings is 1. The maximum Gasteiger partial charge on any atom is 0.229 e. The molecule has 1 aromatic carbocycles. The van der Waals surface area contributed by atoms with Crippen LogP contribution in [0.25, 0.3) is 0 Å². The van der Waals surface area contributed by atoms with Gasteiger partial charge in [-0.2, -0.15) is 0 Å². The van der Waals surface area contributed by atoms with Crippen LogP contribution in [0.4, 0.5) is 17.1 Å². The maximum atomic E-state index is 11.2. The van der Waals surface area contributed by atoms with Gasteiger partial charge in [-0.3, -0.25) is 9.71 Å². The highest BCUT2D eigenvalue weighted by Gasteiger charge is 2.05. The minimum absolute atomic E-state index is 0.545. The summed E-state index contributed by atoms with van der Waals surface area (Å²) < 4.78 is 24.8. The number of rotatable bonds is 6. The number of aromatic nitrogens is 1. The summed E-state index contributed by atoms with van der Waals surface area (Å²) in [5.74, 6) is 0. The second-order valence-corrected chi connectivity index (χ2v) is 6.95. The van der Waals surface area contributed by atoms with Gasteiger partial charge in [0.2, 0.25) is 10.0 Å². The minimum atomic E-state index is -3.24. The highest BCUT2D eigenvalue weighted by molar-refractivity contribution is 7.92. The van der Waals surface area contributed by atoms with Crippen molar-refractivity contribution >= 4 is 27.1 Å². The second kappa shape index (κ2) is 6.65. The summed E-state index contributed by atoms with van der Waals surface area (Å²) in [6.45, 7) is 0.639. The number of nitrogens with one attached hydrogen (secondary N) is 2. The fourth-order valence-electron chi connectivity index (χ4n) is 2.06. The molecule has 22 heavy (non-hydrogen) atoms. The van der Waals surface area contributed by atoms with Crippen LogP contribution in [0.1, 0.15) is 5.56 Å². The summed E-state index contributed by atoms with van der Waals surface area (Å²) in [7, 11) is 0.736. The van der Waals surface area contributed by atoms with Crippen molar-refractivity contribution in [2.75, 3.05) is 35.3 Å². The Morgan fingerprint density at radius 3 is 2.32 bits per heavy atom. The zero-order valence-electron chi connectivity index (χ0n) is 12.9. The number of sulfonamides is 1. The van der Waals surface area contributed by atoms with Crippen LogP contribution in [0.2, 0.25) is 0 Å². The third kappa shape index (κ3) is 4.63. The van der Waals surface area contributed by atoms with E-state index in [0.29, 0.717) is 12.2 Å². The Morgan fingerprint density at radius 2 is 1.73 bits per heavy atom. The van der Waals surface area contributed by atoms with E-state index in [2.05, 4.69) is 15.0 Å². The summed E-state index contributed by atoms with van der Waals surface area (Å²) in [6, 6.07) is 9.08. The first-order valence-corrected chi connectivity index (χ1v) is 8.66.